The predicted molar refractivity (Wildman–Crippen MR) is 159 cm³/mol. The average Bonchev–Trinajstić information content (AvgIpc) is 2.97. The van der Waals surface area contributed by atoms with Gasteiger partial charge in [-0.15, -0.1) is 0 Å². The number of benzene rings is 4. The fourth-order valence-corrected chi connectivity index (χ4v) is 7.13. The summed E-state index contributed by atoms with van der Waals surface area (Å²) in [6.07, 6.45) is -1.20. The van der Waals surface area contributed by atoms with Crippen molar-refractivity contribution >= 4 is 15.9 Å². The Kier molecular flexibility index (Phi) is 8.30. The smallest absolute Gasteiger partial charge is 0.159 e. The zero-order valence-electron chi connectivity index (χ0n) is 22.2. The van der Waals surface area contributed by atoms with Gasteiger partial charge >= 0.3 is 0 Å². The second-order valence-electron chi connectivity index (χ2n) is 10.8. The Balaban J connectivity index is 1.74. The lowest BCUT2D eigenvalue weighted by Gasteiger charge is -2.64. The molecule has 4 N–H and O–H groups in total. The number of hydrogen-bond donors (Lipinski definition) is 4. The zero-order valence-corrected chi connectivity index (χ0v) is 23.8. The summed E-state index contributed by atoms with van der Waals surface area (Å²) in [6, 6.07) is 37.6. The molecule has 0 aromatic heterocycles. The van der Waals surface area contributed by atoms with E-state index in [1.165, 1.54) is 0 Å². The van der Waals surface area contributed by atoms with Gasteiger partial charge < -0.3 is 25.2 Å². The topological polar surface area (TPSA) is 90.2 Å². The normalized spacial score (nSPS) is 30.2. The van der Waals surface area contributed by atoms with Crippen molar-refractivity contribution in [1.29, 1.82) is 0 Å². The standard InChI is InChI=1S/C34H35BrO5/c35-34(24-29-19-11-4-12-20-29)33(39,23-28-17-9-3-10-18-28)32(38,22-27-15-7-2-8-16-27)31(37,30(25-36)40-34)21-26-13-5-1-6-14-26/h1-20,30,36-39H,21-25H2/t30-,31+,32+,33-,34?/m1/s1. The van der Waals surface area contributed by atoms with E-state index in [0.29, 0.717) is 0 Å². The molecule has 5 atom stereocenters. The summed E-state index contributed by atoms with van der Waals surface area (Å²) >= 11 is 3.77. The molecular weight excluding hydrogens is 568 g/mol. The molecule has 1 fully saturated rings. The molecule has 0 spiro atoms. The molecule has 1 saturated heterocycles. The van der Waals surface area contributed by atoms with Crippen LogP contribution in [0.15, 0.2) is 121 Å². The Morgan fingerprint density at radius 1 is 0.525 bits per heavy atom. The van der Waals surface area contributed by atoms with Crippen LogP contribution in [0.3, 0.4) is 0 Å². The third kappa shape index (κ3) is 5.16. The minimum atomic E-state index is -2.18. The first kappa shape index (κ1) is 28.7. The molecule has 0 radical (unpaired) electrons. The summed E-state index contributed by atoms with van der Waals surface area (Å²) in [4.78, 5) is 0. The Hall–Kier alpha value is -2.84. The Labute approximate surface area is 243 Å². The van der Waals surface area contributed by atoms with Crippen LogP contribution < -0.4 is 0 Å². The first-order valence-electron chi connectivity index (χ1n) is 13.5. The first-order chi connectivity index (χ1) is 19.2. The van der Waals surface area contributed by atoms with Crippen molar-refractivity contribution in [3.63, 3.8) is 0 Å². The van der Waals surface area contributed by atoms with E-state index in [1.807, 2.05) is 121 Å². The molecule has 0 amide bonds. The van der Waals surface area contributed by atoms with Gasteiger partial charge in [0, 0.05) is 25.7 Å². The van der Waals surface area contributed by atoms with Crippen LogP contribution in [0.2, 0.25) is 0 Å². The van der Waals surface area contributed by atoms with Crippen LogP contribution in [0.4, 0.5) is 0 Å². The highest BCUT2D eigenvalue weighted by Crippen LogP contribution is 2.56. The van der Waals surface area contributed by atoms with Crippen molar-refractivity contribution in [2.45, 2.75) is 53.1 Å². The fourth-order valence-electron chi connectivity index (χ4n) is 6.12. The highest BCUT2D eigenvalue weighted by atomic mass is 79.9. The number of ether oxygens (including phenoxy) is 1. The Morgan fingerprint density at radius 2 is 0.875 bits per heavy atom. The van der Waals surface area contributed by atoms with Crippen molar-refractivity contribution in [2.75, 3.05) is 6.61 Å². The number of halogens is 1. The lowest BCUT2D eigenvalue weighted by Crippen LogP contribution is -2.85. The Bertz CT molecular complexity index is 1370. The highest BCUT2D eigenvalue weighted by Gasteiger charge is 2.75. The van der Waals surface area contributed by atoms with Crippen molar-refractivity contribution < 1.29 is 25.2 Å². The van der Waals surface area contributed by atoms with Gasteiger partial charge in [0.25, 0.3) is 0 Å². The minimum Gasteiger partial charge on any atom is -0.394 e. The van der Waals surface area contributed by atoms with E-state index in [4.69, 9.17) is 4.74 Å². The van der Waals surface area contributed by atoms with Crippen molar-refractivity contribution in [3.8, 4) is 0 Å². The maximum Gasteiger partial charge on any atom is 0.159 e. The van der Waals surface area contributed by atoms with Gasteiger partial charge in [-0.2, -0.15) is 0 Å². The van der Waals surface area contributed by atoms with E-state index in [9.17, 15) is 20.4 Å². The molecular formula is C34H35BrO5. The van der Waals surface area contributed by atoms with E-state index in [1.54, 1.807) is 0 Å². The number of aliphatic hydroxyl groups is 4. The molecule has 6 heteroatoms. The predicted octanol–water partition coefficient (Wildman–Crippen LogP) is 4.63. The summed E-state index contributed by atoms with van der Waals surface area (Å²) < 4.78 is 4.97. The molecule has 1 heterocycles. The number of aliphatic hydroxyl groups excluding tert-OH is 1. The van der Waals surface area contributed by atoms with Gasteiger partial charge in [-0.25, -0.2) is 0 Å². The van der Waals surface area contributed by atoms with E-state index < -0.39 is 34.0 Å². The maximum atomic E-state index is 13.1. The van der Waals surface area contributed by atoms with E-state index in [2.05, 4.69) is 15.9 Å². The van der Waals surface area contributed by atoms with Crippen LogP contribution in [0, 0.1) is 0 Å². The molecule has 40 heavy (non-hydrogen) atoms. The van der Waals surface area contributed by atoms with Crippen LogP contribution in [-0.4, -0.2) is 54.5 Å². The van der Waals surface area contributed by atoms with Gasteiger partial charge in [-0.1, -0.05) is 137 Å². The van der Waals surface area contributed by atoms with Crippen LogP contribution in [0.5, 0.6) is 0 Å². The van der Waals surface area contributed by atoms with Crippen LogP contribution in [-0.2, 0) is 30.4 Å². The number of alkyl halides is 1. The summed E-state index contributed by atoms with van der Waals surface area (Å²) in [5.41, 5.74) is -3.23. The van der Waals surface area contributed by atoms with E-state index in [0.717, 1.165) is 22.3 Å². The quantitative estimate of drug-likeness (QED) is 0.210. The SMILES string of the molecule is OC[C@H]1OC(Br)(Cc2ccccc2)[C@@](O)(Cc2ccccc2)[C@](O)(Cc2ccccc2)[C@]1(O)Cc1ccccc1. The highest BCUT2D eigenvalue weighted by molar-refractivity contribution is 9.10. The number of hydrogen-bond acceptors (Lipinski definition) is 5. The van der Waals surface area contributed by atoms with Crippen LogP contribution in [0.25, 0.3) is 0 Å². The second kappa shape index (κ2) is 11.6. The van der Waals surface area contributed by atoms with Gasteiger partial charge in [0.15, 0.2) is 4.51 Å². The largest absolute Gasteiger partial charge is 0.394 e. The minimum absolute atomic E-state index is 0.0233. The van der Waals surface area contributed by atoms with Crippen LogP contribution >= 0.6 is 15.9 Å². The van der Waals surface area contributed by atoms with E-state index in [-0.39, 0.29) is 25.7 Å². The summed E-state index contributed by atoms with van der Waals surface area (Å²) in [7, 11) is 0. The van der Waals surface area contributed by atoms with Gasteiger partial charge in [0.1, 0.15) is 22.9 Å². The van der Waals surface area contributed by atoms with Gasteiger partial charge in [0.05, 0.1) is 6.61 Å². The lowest BCUT2D eigenvalue weighted by molar-refractivity contribution is -0.366. The molecule has 0 saturated carbocycles. The molecule has 1 unspecified atom stereocenters. The molecule has 4 aromatic rings. The van der Waals surface area contributed by atoms with Gasteiger partial charge in [0.2, 0.25) is 0 Å². The summed E-state index contributed by atoms with van der Waals surface area (Å²) in [6.45, 7) is -0.565. The summed E-state index contributed by atoms with van der Waals surface area (Å²) in [5.74, 6) is 0. The van der Waals surface area contributed by atoms with Crippen molar-refractivity contribution in [3.05, 3.63) is 144 Å². The van der Waals surface area contributed by atoms with E-state index >= 15 is 0 Å². The molecule has 1 aliphatic rings. The van der Waals surface area contributed by atoms with Crippen molar-refractivity contribution in [2.24, 2.45) is 0 Å². The summed E-state index contributed by atoms with van der Waals surface area (Å²) in [5, 5.41) is 49.5. The molecule has 1 aliphatic heterocycles. The van der Waals surface area contributed by atoms with Gasteiger partial charge in [-0.05, 0) is 22.3 Å². The monoisotopic (exact) mass is 602 g/mol. The maximum absolute atomic E-state index is 13.1. The molecule has 0 aliphatic carbocycles. The molecule has 0 bridgehead atoms. The molecule has 5 nitrogen and oxygen atoms in total. The molecule has 208 valence electrons. The lowest BCUT2D eigenvalue weighted by atomic mass is 9.57. The van der Waals surface area contributed by atoms with Crippen molar-refractivity contribution in [1.82, 2.24) is 0 Å². The third-order valence-electron chi connectivity index (χ3n) is 8.24. The molecule has 4 aromatic carbocycles. The fraction of sp³-hybridized carbons (Fsp3) is 0.294. The molecule has 5 rings (SSSR count). The zero-order chi connectivity index (χ0) is 28.3. The second-order valence-corrected chi connectivity index (χ2v) is 12.1. The Morgan fingerprint density at radius 3 is 1.27 bits per heavy atom. The number of rotatable bonds is 9. The first-order valence-corrected chi connectivity index (χ1v) is 14.3. The average molecular weight is 604 g/mol. The third-order valence-corrected chi connectivity index (χ3v) is 9.37. The van der Waals surface area contributed by atoms with Gasteiger partial charge in [-0.3, -0.25) is 0 Å². The van der Waals surface area contributed by atoms with Crippen LogP contribution in [0.1, 0.15) is 22.3 Å².